The van der Waals surface area contributed by atoms with Gasteiger partial charge in [0.1, 0.15) is 0 Å². The molecule has 0 rings (SSSR count). The van der Waals surface area contributed by atoms with Gasteiger partial charge in [-0.1, -0.05) is 6.42 Å². The summed E-state index contributed by atoms with van der Waals surface area (Å²) in [4.78, 5) is 0. The van der Waals surface area contributed by atoms with Gasteiger partial charge in [0.2, 0.25) is 0 Å². The number of rotatable bonds is 6. The van der Waals surface area contributed by atoms with Crippen molar-refractivity contribution in [1.82, 2.24) is 0 Å². The van der Waals surface area contributed by atoms with Crippen molar-refractivity contribution in [3.8, 4) is 0 Å². The van der Waals surface area contributed by atoms with Crippen LogP contribution in [0.5, 0.6) is 0 Å². The molecule has 0 unspecified atom stereocenters. The summed E-state index contributed by atoms with van der Waals surface area (Å²) in [5.41, 5.74) is 0. The Bertz CT molecular complexity index is 308. The molecule has 1 N–H and O–H groups in total. The first kappa shape index (κ1) is 15.6. The molecule has 9 heteroatoms. The van der Waals surface area contributed by atoms with Crippen molar-refractivity contribution in [2.24, 2.45) is 0 Å². The van der Waals surface area contributed by atoms with Gasteiger partial charge < -0.3 is 0 Å². The van der Waals surface area contributed by atoms with E-state index in [0.29, 0.717) is 0 Å². The van der Waals surface area contributed by atoms with Crippen LogP contribution >= 0.6 is 0 Å². The van der Waals surface area contributed by atoms with E-state index in [1.165, 1.54) is 0 Å². The van der Waals surface area contributed by atoms with E-state index in [-0.39, 0.29) is 12.8 Å². The fourth-order valence-corrected chi connectivity index (χ4v) is 1.36. The smallest absolute Gasteiger partial charge is 0.281 e. The fraction of sp³-hybridized carbons (Fsp3) is 1.00. The molecule has 0 bridgehead atoms. The van der Waals surface area contributed by atoms with Gasteiger partial charge in [-0.3, -0.25) is 4.55 Å². The summed E-state index contributed by atoms with van der Waals surface area (Å²) < 4.78 is 88.2. The summed E-state index contributed by atoms with van der Waals surface area (Å²) in [7, 11) is -5.47. The Kier molecular flexibility index (Phi) is 5.12. The molecule has 0 aliphatic heterocycles. The average Bonchev–Trinajstić information content (AvgIpc) is 1.98. The maximum absolute atomic E-state index is 12.5. The van der Waals surface area contributed by atoms with Crippen molar-refractivity contribution in [1.29, 1.82) is 0 Å². The third-order valence-corrected chi connectivity index (χ3v) is 2.76. The lowest BCUT2D eigenvalue weighted by Gasteiger charge is -2.12. The Hall–Kier alpha value is -0.440. The molecule has 0 amide bonds. The van der Waals surface area contributed by atoms with E-state index >= 15 is 0 Å². The summed E-state index contributed by atoms with van der Waals surface area (Å²) in [5, 5.41) is -4.29. The molecule has 0 atom stereocenters. The van der Waals surface area contributed by atoms with Crippen LogP contribution in [0.15, 0.2) is 0 Å². The zero-order chi connectivity index (χ0) is 13.0. The standard InChI is InChI=1S/C7H11F5O3S/c8-6(9,10)4-2-1-3-5-7(11,12)16(13,14)15/h1-5H2,(H,13,14,15). The van der Waals surface area contributed by atoms with Gasteiger partial charge in [-0.05, 0) is 12.8 Å². The van der Waals surface area contributed by atoms with E-state index in [9.17, 15) is 30.4 Å². The first-order valence-corrected chi connectivity index (χ1v) is 5.81. The van der Waals surface area contributed by atoms with Crippen molar-refractivity contribution in [2.45, 2.75) is 43.5 Å². The second-order valence-electron chi connectivity index (χ2n) is 3.29. The summed E-state index contributed by atoms with van der Waals surface area (Å²) >= 11 is 0. The highest BCUT2D eigenvalue weighted by molar-refractivity contribution is 7.86. The Labute approximate surface area is 89.4 Å². The lowest BCUT2D eigenvalue weighted by molar-refractivity contribution is -0.135. The van der Waals surface area contributed by atoms with E-state index in [1.807, 2.05) is 0 Å². The Morgan fingerprint density at radius 2 is 1.31 bits per heavy atom. The highest BCUT2D eigenvalue weighted by Crippen LogP contribution is 2.28. The van der Waals surface area contributed by atoms with Crippen molar-refractivity contribution >= 4 is 10.1 Å². The molecule has 0 aromatic carbocycles. The van der Waals surface area contributed by atoms with Crippen LogP contribution in [0, 0.1) is 0 Å². The maximum Gasteiger partial charge on any atom is 0.389 e. The molecule has 0 aliphatic rings. The van der Waals surface area contributed by atoms with Gasteiger partial charge in [-0.15, -0.1) is 0 Å². The Morgan fingerprint density at radius 3 is 1.69 bits per heavy atom. The van der Waals surface area contributed by atoms with Gasteiger partial charge in [0, 0.05) is 12.8 Å². The van der Waals surface area contributed by atoms with Crippen molar-refractivity contribution in [2.75, 3.05) is 0 Å². The molecule has 16 heavy (non-hydrogen) atoms. The zero-order valence-electron chi connectivity index (χ0n) is 8.10. The molecule has 0 spiro atoms. The number of unbranched alkanes of at least 4 members (excludes halogenated alkanes) is 2. The summed E-state index contributed by atoms with van der Waals surface area (Å²) in [6.45, 7) is 0. The minimum Gasteiger partial charge on any atom is -0.281 e. The number of hydrogen-bond donors (Lipinski definition) is 1. The van der Waals surface area contributed by atoms with Crippen LogP contribution in [0.4, 0.5) is 22.0 Å². The first-order valence-electron chi connectivity index (χ1n) is 4.37. The molecule has 3 nitrogen and oxygen atoms in total. The van der Waals surface area contributed by atoms with Gasteiger partial charge in [0.15, 0.2) is 0 Å². The maximum atomic E-state index is 12.5. The molecule has 0 aromatic heterocycles. The number of alkyl halides is 5. The van der Waals surface area contributed by atoms with Crippen LogP contribution in [0.3, 0.4) is 0 Å². The summed E-state index contributed by atoms with van der Waals surface area (Å²) in [5.74, 6) is 0. The van der Waals surface area contributed by atoms with Crippen LogP contribution in [0.25, 0.3) is 0 Å². The largest absolute Gasteiger partial charge is 0.389 e. The van der Waals surface area contributed by atoms with E-state index in [4.69, 9.17) is 4.55 Å². The monoisotopic (exact) mass is 270 g/mol. The molecule has 0 aliphatic carbocycles. The van der Waals surface area contributed by atoms with Crippen LogP contribution in [0.2, 0.25) is 0 Å². The van der Waals surface area contributed by atoms with E-state index in [1.54, 1.807) is 0 Å². The van der Waals surface area contributed by atoms with Crippen LogP contribution in [0.1, 0.15) is 32.1 Å². The minimum absolute atomic E-state index is 0.176. The van der Waals surface area contributed by atoms with Crippen molar-refractivity contribution in [3.63, 3.8) is 0 Å². The van der Waals surface area contributed by atoms with Crippen molar-refractivity contribution in [3.05, 3.63) is 0 Å². The van der Waals surface area contributed by atoms with Crippen LogP contribution in [-0.2, 0) is 10.1 Å². The first-order chi connectivity index (χ1) is 6.96. The SMILES string of the molecule is O=S(=O)(O)C(F)(F)CCCCCC(F)(F)F. The molecule has 0 saturated carbocycles. The molecule has 0 saturated heterocycles. The molecule has 0 fully saturated rings. The molecule has 0 radical (unpaired) electrons. The average molecular weight is 270 g/mol. The molecular formula is C7H11F5O3S. The van der Waals surface area contributed by atoms with E-state index < -0.39 is 40.8 Å². The van der Waals surface area contributed by atoms with E-state index in [2.05, 4.69) is 0 Å². The quantitative estimate of drug-likeness (QED) is 0.458. The summed E-state index contributed by atoms with van der Waals surface area (Å²) in [6, 6.07) is 0. The van der Waals surface area contributed by atoms with Gasteiger partial charge in [0.05, 0.1) is 0 Å². The van der Waals surface area contributed by atoms with E-state index in [0.717, 1.165) is 0 Å². The second kappa shape index (κ2) is 5.26. The highest BCUT2D eigenvalue weighted by atomic mass is 32.2. The predicted molar refractivity (Wildman–Crippen MR) is 45.6 cm³/mol. The second-order valence-corrected chi connectivity index (χ2v) is 4.84. The van der Waals surface area contributed by atoms with Gasteiger partial charge in [0.25, 0.3) is 0 Å². The number of hydrogen-bond acceptors (Lipinski definition) is 2. The topological polar surface area (TPSA) is 54.4 Å². The predicted octanol–water partition coefficient (Wildman–Crippen LogP) is 2.98. The van der Waals surface area contributed by atoms with Crippen LogP contribution < -0.4 is 0 Å². The minimum atomic E-state index is -5.47. The third-order valence-electron chi connectivity index (χ3n) is 1.81. The summed E-state index contributed by atoms with van der Waals surface area (Å²) in [6.07, 6.45) is -7.53. The Morgan fingerprint density at radius 1 is 0.875 bits per heavy atom. The molecule has 98 valence electrons. The van der Waals surface area contributed by atoms with Gasteiger partial charge >= 0.3 is 21.5 Å². The molecule has 0 aromatic rings. The Balaban J connectivity index is 3.84. The highest BCUT2D eigenvalue weighted by Gasteiger charge is 2.42. The molecule has 0 heterocycles. The lowest BCUT2D eigenvalue weighted by Crippen LogP contribution is -2.27. The fourth-order valence-electron chi connectivity index (χ4n) is 0.962. The van der Waals surface area contributed by atoms with Gasteiger partial charge in [-0.25, -0.2) is 0 Å². The van der Waals surface area contributed by atoms with Crippen molar-refractivity contribution < 1.29 is 34.9 Å². The molecular weight excluding hydrogens is 259 g/mol. The zero-order valence-corrected chi connectivity index (χ0v) is 8.91. The number of halogens is 5. The third kappa shape index (κ3) is 6.21. The normalized spacial score (nSPS) is 14.1. The van der Waals surface area contributed by atoms with Crippen LogP contribution in [-0.4, -0.2) is 24.4 Å². The lowest BCUT2D eigenvalue weighted by atomic mass is 10.1. The van der Waals surface area contributed by atoms with Gasteiger partial charge in [-0.2, -0.15) is 30.4 Å².